The first kappa shape index (κ1) is 23.1. The van der Waals surface area contributed by atoms with Crippen molar-refractivity contribution < 1.29 is 29.3 Å². The Kier molecular flexibility index (Phi) is 8.44. The molecule has 1 heterocycles. The molecule has 27 heavy (non-hydrogen) atoms. The van der Waals surface area contributed by atoms with Crippen LogP contribution in [0.3, 0.4) is 0 Å². The first-order valence-corrected chi connectivity index (χ1v) is 9.26. The summed E-state index contributed by atoms with van der Waals surface area (Å²) in [6.45, 7) is 10.3. The molecule has 0 unspecified atom stereocenters. The van der Waals surface area contributed by atoms with Gasteiger partial charge in [0.25, 0.3) is 0 Å². The zero-order valence-corrected chi connectivity index (χ0v) is 16.9. The molecule has 1 aliphatic heterocycles. The molecule has 0 fully saturated rings. The van der Waals surface area contributed by atoms with Crippen molar-refractivity contribution in [2.45, 2.75) is 58.7 Å². The maximum Gasteiger partial charge on any atom is 0.316 e. The summed E-state index contributed by atoms with van der Waals surface area (Å²) in [5.74, 6) is -2.33. The summed E-state index contributed by atoms with van der Waals surface area (Å²) >= 11 is 0. The second-order valence-corrected chi connectivity index (χ2v) is 7.35. The van der Waals surface area contributed by atoms with E-state index < -0.39 is 36.0 Å². The summed E-state index contributed by atoms with van der Waals surface area (Å²) in [5.41, 5.74) is -0.402. The quantitative estimate of drug-likeness (QED) is 0.578. The monoisotopic (exact) mass is 380 g/mol. The van der Waals surface area contributed by atoms with Crippen molar-refractivity contribution in [3.05, 3.63) is 35.6 Å². The average Bonchev–Trinajstić information content (AvgIpc) is 2.62. The van der Waals surface area contributed by atoms with Gasteiger partial charge in [0.15, 0.2) is 11.4 Å². The Morgan fingerprint density at radius 1 is 1.37 bits per heavy atom. The molecule has 2 N–H and O–H groups in total. The molecule has 0 aromatic rings. The first-order chi connectivity index (χ1) is 12.6. The number of allylic oxidation sites excluding steroid dienone is 3. The zero-order valence-electron chi connectivity index (χ0n) is 16.9. The van der Waals surface area contributed by atoms with Gasteiger partial charge in [-0.3, -0.25) is 9.59 Å². The molecule has 1 rings (SSSR count). The second-order valence-electron chi connectivity index (χ2n) is 7.35. The van der Waals surface area contributed by atoms with Crippen LogP contribution in [0.15, 0.2) is 35.6 Å². The normalized spacial score (nSPS) is 35.4. The van der Waals surface area contributed by atoms with Crippen LogP contribution in [0.25, 0.3) is 0 Å². The molecule has 6 heteroatoms. The number of carbonyl (C=O) groups excluding carboxylic acids is 2. The number of Topliss-reactive ketones (excluding diaryl/α,β-unsaturated/α-hetero) is 1. The van der Waals surface area contributed by atoms with E-state index in [1.807, 2.05) is 26.8 Å². The van der Waals surface area contributed by atoms with Crippen LogP contribution in [0.5, 0.6) is 0 Å². The third-order valence-electron chi connectivity index (χ3n) is 4.82. The molecule has 0 aromatic carbocycles. The molecule has 152 valence electrons. The predicted molar refractivity (Wildman–Crippen MR) is 103 cm³/mol. The van der Waals surface area contributed by atoms with Gasteiger partial charge in [0.05, 0.1) is 19.5 Å². The number of rotatable bonds is 3. The molecule has 1 aliphatic rings. The topological polar surface area (TPSA) is 93.1 Å². The van der Waals surface area contributed by atoms with E-state index in [2.05, 4.69) is 6.58 Å². The highest BCUT2D eigenvalue weighted by molar-refractivity contribution is 6.03. The summed E-state index contributed by atoms with van der Waals surface area (Å²) < 4.78 is 10.8. The van der Waals surface area contributed by atoms with Crippen LogP contribution in [0.1, 0.15) is 47.0 Å². The number of aliphatic hydroxyl groups is 2. The lowest BCUT2D eigenvalue weighted by molar-refractivity contribution is -0.162. The molecule has 6 nitrogen and oxygen atoms in total. The summed E-state index contributed by atoms with van der Waals surface area (Å²) in [4.78, 5) is 25.2. The van der Waals surface area contributed by atoms with E-state index in [0.717, 1.165) is 11.1 Å². The Morgan fingerprint density at radius 2 is 2.00 bits per heavy atom. The smallest absolute Gasteiger partial charge is 0.316 e. The molecule has 0 aliphatic carbocycles. The van der Waals surface area contributed by atoms with E-state index in [1.165, 1.54) is 14.0 Å². The lowest BCUT2D eigenvalue weighted by Crippen LogP contribution is -2.48. The molecular formula is C21H32O6. The van der Waals surface area contributed by atoms with E-state index in [9.17, 15) is 19.8 Å². The van der Waals surface area contributed by atoms with Crippen molar-refractivity contribution in [2.24, 2.45) is 11.8 Å². The Morgan fingerprint density at radius 3 is 2.52 bits per heavy atom. The summed E-state index contributed by atoms with van der Waals surface area (Å²) in [7, 11) is 1.44. The third-order valence-corrected chi connectivity index (χ3v) is 4.82. The molecule has 0 bridgehead atoms. The maximum absolute atomic E-state index is 12.7. The van der Waals surface area contributed by atoms with Gasteiger partial charge in [-0.05, 0) is 44.3 Å². The number of aliphatic hydroxyl groups excluding tert-OH is 1. The summed E-state index contributed by atoms with van der Waals surface area (Å²) in [6, 6.07) is 0. The van der Waals surface area contributed by atoms with Crippen LogP contribution in [-0.4, -0.2) is 47.4 Å². The number of hydrogen-bond acceptors (Lipinski definition) is 6. The molecule has 0 amide bonds. The van der Waals surface area contributed by atoms with Crippen LogP contribution in [0.2, 0.25) is 0 Å². The molecule has 0 saturated carbocycles. The number of ketones is 1. The summed E-state index contributed by atoms with van der Waals surface area (Å²) in [5, 5.41) is 20.4. The number of methoxy groups -OCH3 is 1. The Hall–Kier alpha value is -1.92. The highest BCUT2D eigenvalue weighted by atomic mass is 16.5. The Labute approximate surface area is 161 Å². The standard InChI is InChI=1S/C21H32O6/c1-7-18-15(4)9-13(2)8-14(3)10-17(26-6)11-21(25,12-22)19(23)16(5)20(24)27-18/h9-10,14,16,18,22,25H,2,7-8,11-12H2,1,3-6H3/b15-9-,17-10+/t14-,16+,18-,21-/m0/s1. The molecule has 0 spiro atoms. The minimum absolute atomic E-state index is 0.0394. The number of esters is 1. The lowest BCUT2D eigenvalue weighted by atomic mass is 9.86. The van der Waals surface area contributed by atoms with Crippen molar-refractivity contribution in [2.75, 3.05) is 13.7 Å². The summed E-state index contributed by atoms with van der Waals surface area (Å²) in [6.07, 6.45) is 4.19. The minimum Gasteiger partial charge on any atom is -0.501 e. The minimum atomic E-state index is -2.12. The third kappa shape index (κ3) is 6.04. The van der Waals surface area contributed by atoms with Crippen LogP contribution >= 0.6 is 0 Å². The van der Waals surface area contributed by atoms with Crippen molar-refractivity contribution in [3.63, 3.8) is 0 Å². The van der Waals surface area contributed by atoms with Gasteiger partial charge >= 0.3 is 5.97 Å². The fourth-order valence-corrected chi connectivity index (χ4v) is 3.22. The van der Waals surface area contributed by atoms with Crippen molar-refractivity contribution in [3.8, 4) is 0 Å². The predicted octanol–water partition coefficient (Wildman–Crippen LogP) is 2.70. The van der Waals surface area contributed by atoms with Crippen LogP contribution in [0.4, 0.5) is 0 Å². The average molecular weight is 380 g/mol. The molecular weight excluding hydrogens is 348 g/mol. The van der Waals surface area contributed by atoms with Gasteiger partial charge in [-0.1, -0.05) is 32.1 Å². The van der Waals surface area contributed by atoms with Gasteiger partial charge in [0.1, 0.15) is 12.0 Å². The largest absolute Gasteiger partial charge is 0.501 e. The van der Waals surface area contributed by atoms with Gasteiger partial charge < -0.3 is 19.7 Å². The van der Waals surface area contributed by atoms with E-state index in [4.69, 9.17) is 9.47 Å². The van der Waals surface area contributed by atoms with Gasteiger partial charge in [-0.2, -0.15) is 0 Å². The van der Waals surface area contributed by atoms with Crippen molar-refractivity contribution in [1.82, 2.24) is 0 Å². The van der Waals surface area contributed by atoms with Crippen LogP contribution < -0.4 is 0 Å². The highest BCUT2D eigenvalue weighted by Crippen LogP contribution is 2.27. The Balaban J connectivity index is 3.38. The van der Waals surface area contributed by atoms with Crippen molar-refractivity contribution >= 4 is 11.8 Å². The number of carbonyl (C=O) groups is 2. The lowest BCUT2D eigenvalue weighted by Gasteiger charge is -2.29. The zero-order chi connectivity index (χ0) is 20.8. The van der Waals surface area contributed by atoms with Crippen molar-refractivity contribution in [1.29, 1.82) is 0 Å². The van der Waals surface area contributed by atoms with E-state index in [1.54, 1.807) is 6.08 Å². The van der Waals surface area contributed by atoms with Gasteiger partial charge in [0.2, 0.25) is 0 Å². The Bertz CT molecular complexity index is 633. The van der Waals surface area contributed by atoms with Gasteiger partial charge in [-0.15, -0.1) is 0 Å². The van der Waals surface area contributed by atoms with E-state index >= 15 is 0 Å². The van der Waals surface area contributed by atoms with Crippen LogP contribution in [-0.2, 0) is 19.1 Å². The van der Waals surface area contributed by atoms with Gasteiger partial charge in [0, 0.05) is 6.42 Å². The molecule has 0 aromatic heterocycles. The maximum atomic E-state index is 12.7. The highest BCUT2D eigenvalue weighted by Gasteiger charge is 2.42. The molecule has 4 atom stereocenters. The SMILES string of the molecule is C=C1/C=C(/C)[C@H](CC)OC(=O)[C@H](C)C(=O)[C@@](O)(CO)C/C(OC)=C\[C@@H](C)C1. The number of ether oxygens (including phenoxy) is 2. The van der Waals surface area contributed by atoms with E-state index in [0.29, 0.717) is 18.6 Å². The number of hydrogen-bond donors (Lipinski definition) is 2. The van der Waals surface area contributed by atoms with Gasteiger partial charge in [-0.25, -0.2) is 0 Å². The molecule has 0 saturated heterocycles. The fraction of sp³-hybridized carbons (Fsp3) is 0.619. The first-order valence-electron chi connectivity index (χ1n) is 9.26. The van der Waals surface area contributed by atoms with E-state index in [-0.39, 0.29) is 12.3 Å². The number of cyclic esters (lactones) is 1. The molecule has 0 radical (unpaired) electrons. The fourth-order valence-electron chi connectivity index (χ4n) is 3.22. The second kappa shape index (κ2) is 9.85. The van der Waals surface area contributed by atoms with Crippen LogP contribution in [0, 0.1) is 11.8 Å².